The summed E-state index contributed by atoms with van der Waals surface area (Å²) >= 11 is 3.36. The van der Waals surface area contributed by atoms with E-state index in [9.17, 15) is 4.79 Å². The Balaban J connectivity index is 2.17. The number of carbonyl (C=O) groups excluding carboxylic acids is 1. The van der Waals surface area contributed by atoms with Crippen LogP contribution >= 0.6 is 15.9 Å². The summed E-state index contributed by atoms with van der Waals surface area (Å²) in [6, 6.07) is 9.18. The molecule has 0 bridgehead atoms. The number of halogens is 1. The Morgan fingerprint density at radius 3 is 3.00 bits per heavy atom. The number of aromatic nitrogens is 2. The lowest BCUT2D eigenvalue weighted by Crippen LogP contribution is -2.17. The van der Waals surface area contributed by atoms with E-state index >= 15 is 0 Å². The smallest absolute Gasteiger partial charge is 0.273 e. The van der Waals surface area contributed by atoms with Crippen molar-refractivity contribution in [3.05, 3.63) is 46.7 Å². The maximum atomic E-state index is 12.0. The summed E-state index contributed by atoms with van der Waals surface area (Å²) < 4.78 is 2.59. The van der Waals surface area contributed by atoms with Crippen LogP contribution < -0.4 is 5.32 Å². The van der Waals surface area contributed by atoms with Crippen LogP contribution in [0, 0.1) is 0 Å². The number of benzene rings is 1. The first-order chi connectivity index (χ1) is 8.20. The van der Waals surface area contributed by atoms with Gasteiger partial charge in [-0.2, -0.15) is 5.10 Å². The molecule has 1 aromatic heterocycles. The highest BCUT2D eigenvalue weighted by Crippen LogP contribution is 2.16. The van der Waals surface area contributed by atoms with E-state index in [2.05, 4.69) is 26.3 Å². The Hall–Kier alpha value is -1.62. The minimum Gasteiger partial charge on any atom is -0.321 e. The highest BCUT2D eigenvalue weighted by Gasteiger charge is 2.10. The number of rotatable bonds is 3. The number of hydrogen-bond donors (Lipinski definition) is 1. The van der Waals surface area contributed by atoms with Crippen molar-refractivity contribution in [2.45, 2.75) is 13.5 Å². The first kappa shape index (κ1) is 11.9. The van der Waals surface area contributed by atoms with E-state index in [1.165, 1.54) is 0 Å². The van der Waals surface area contributed by atoms with Gasteiger partial charge in [-0.1, -0.05) is 22.0 Å². The van der Waals surface area contributed by atoms with Gasteiger partial charge in [0.05, 0.1) is 0 Å². The molecular formula is C12H12BrN3O. The fourth-order valence-electron chi connectivity index (χ4n) is 1.54. The predicted octanol–water partition coefficient (Wildman–Crippen LogP) is 2.92. The molecule has 1 aromatic carbocycles. The lowest BCUT2D eigenvalue weighted by molar-refractivity contribution is 0.101. The van der Waals surface area contributed by atoms with Crippen LogP contribution in [0.25, 0.3) is 0 Å². The number of anilines is 1. The van der Waals surface area contributed by atoms with Crippen LogP contribution in [0.5, 0.6) is 0 Å². The summed E-state index contributed by atoms with van der Waals surface area (Å²) in [6.45, 7) is 2.62. The molecule has 0 unspecified atom stereocenters. The molecule has 0 fully saturated rings. The van der Waals surface area contributed by atoms with Gasteiger partial charge >= 0.3 is 0 Å². The van der Waals surface area contributed by atoms with E-state index in [1.54, 1.807) is 16.9 Å². The summed E-state index contributed by atoms with van der Waals surface area (Å²) in [4.78, 5) is 12.0. The summed E-state index contributed by atoms with van der Waals surface area (Å²) in [7, 11) is 0. The Morgan fingerprint density at radius 2 is 2.29 bits per heavy atom. The van der Waals surface area contributed by atoms with Gasteiger partial charge in [0, 0.05) is 22.9 Å². The molecule has 2 rings (SSSR count). The third-order valence-electron chi connectivity index (χ3n) is 2.33. The molecule has 88 valence electrons. The van der Waals surface area contributed by atoms with Crippen molar-refractivity contribution in [1.82, 2.24) is 9.78 Å². The molecule has 0 atom stereocenters. The van der Waals surface area contributed by atoms with Gasteiger partial charge in [-0.05, 0) is 31.2 Å². The zero-order chi connectivity index (χ0) is 12.3. The zero-order valence-corrected chi connectivity index (χ0v) is 10.9. The summed E-state index contributed by atoms with van der Waals surface area (Å²) in [6.07, 6.45) is 1.62. The van der Waals surface area contributed by atoms with Gasteiger partial charge in [0.2, 0.25) is 0 Å². The number of amides is 1. The average molecular weight is 294 g/mol. The van der Waals surface area contributed by atoms with Crippen molar-refractivity contribution in [1.29, 1.82) is 0 Å². The number of hydrogen-bond acceptors (Lipinski definition) is 2. The van der Waals surface area contributed by atoms with Crippen LogP contribution in [0.4, 0.5) is 5.69 Å². The molecule has 1 amide bonds. The van der Waals surface area contributed by atoms with E-state index in [4.69, 9.17) is 0 Å². The summed E-state index contributed by atoms with van der Waals surface area (Å²) in [5, 5.41) is 6.89. The molecular weight excluding hydrogens is 282 g/mol. The van der Waals surface area contributed by atoms with E-state index in [0.717, 1.165) is 10.2 Å². The monoisotopic (exact) mass is 293 g/mol. The van der Waals surface area contributed by atoms with Crippen LogP contribution in [0.15, 0.2) is 41.0 Å². The summed E-state index contributed by atoms with van der Waals surface area (Å²) in [5.41, 5.74) is 1.32. The topological polar surface area (TPSA) is 46.9 Å². The molecule has 17 heavy (non-hydrogen) atoms. The van der Waals surface area contributed by atoms with Crippen molar-refractivity contribution < 1.29 is 4.79 Å². The van der Waals surface area contributed by atoms with E-state index in [1.807, 2.05) is 31.2 Å². The Kier molecular flexibility index (Phi) is 3.58. The number of aryl methyl sites for hydroxylation is 1. The van der Waals surface area contributed by atoms with Gasteiger partial charge in [-0.3, -0.25) is 9.48 Å². The molecule has 4 nitrogen and oxygen atoms in total. The van der Waals surface area contributed by atoms with E-state index in [-0.39, 0.29) is 5.91 Å². The highest BCUT2D eigenvalue weighted by molar-refractivity contribution is 9.10. The molecule has 0 aliphatic carbocycles. The summed E-state index contributed by atoms with van der Waals surface area (Å²) in [5.74, 6) is -0.151. The first-order valence-electron chi connectivity index (χ1n) is 5.29. The molecule has 0 aliphatic rings. The maximum Gasteiger partial charge on any atom is 0.273 e. The number of nitrogens with zero attached hydrogens (tertiary/aromatic N) is 2. The zero-order valence-electron chi connectivity index (χ0n) is 9.35. The van der Waals surface area contributed by atoms with Gasteiger partial charge in [-0.25, -0.2) is 0 Å². The quantitative estimate of drug-likeness (QED) is 0.946. The third kappa shape index (κ3) is 2.74. The van der Waals surface area contributed by atoms with Crippen molar-refractivity contribution >= 4 is 27.5 Å². The van der Waals surface area contributed by atoms with E-state index < -0.39 is 0 Å². The molecule has 0 spiro atoms. The molecule has 1 heterocycles. The van der Waals surface area contributed by atoms with Gasteiger partial charge in [-0.15, -0.1) is 0 Å². The molecule has 0 saturated carbocycles. The Bertz CT molecular complexity index is 536. The number of nitrogens with one attached hydrogen (secondary N) is 1. The lowest BCUT2D eigenvalue weighted by Gasteiger charge is -2.06. The average Bonchev–Trinajstić information content (AvgIpc) is 2.77. The van der Waals surface area contributed by atoms with Gasteiger partial charge < -0.3 is 5.32 Å². The third-order valence-corrected chi connectivity index (χ3v) is 2.82. The van der Waals surface area contributed by atoms with Crippen LogP contribution in [0.1, 0.15) is 17.4 Å². The van der Waals surface area contributed by atoms with Crippen molar-refractivity contribution in [2.24, 2.45) is 0 Å². The fraction of sp³-hybridized carbons (Fsp3) is 0.167. The van der Waals surface area contributed by atoms with Gasteiger partial charge in [0.15, 0.2) is 0 Å². The first-order valence-corrected chi connectivity index (χ1v) is 6.08. The lowest BCUT2D eigenvalue weighted by atomic mass is 10.3. The predicted molar refractivity (Wildman–Crippen MR) is 70.0 cm³/mol. The number of carbonyl (C=O) groups is 1. The Morgan fingerprint density at radius 1 is 1.47 bits per heavy atom. The van der Waals surface area contributed by atoms with Crippen molar-refractivity contribution in [3.63, 3.8) is 0 Å². The van der Waals surface area contributed by atoms with Crippen molar-refractivity contribution in [3.8, 4) is 0 Å². The SMILES string of the molecule is CCn1nccc1C(=O)Nc1cccc(Br)c1. The Labute approximate surface area is 108 Å². The van der Waals surface area contributed by atoms with Crippen LogP contribution in [-0.4, -0.2) is 15.7 Å². The normalized spacial score (nSPS) is 10.2. The molecule has 0 radical (unpaired) electrons. The molecule has 0 saturated heterocycles. The van der Waals surface area contributed by atoms with Crippen LogP contribution in [0.2, 0.25) is 0 Å². The van der Waals surface area contributed by atoms with Crippen molar-refractivity contribution in [2.75, 3.05) is 5.32 Å². The van der Waals surface area contributed by atoms with Crippen LogP contribution in [0.3, 0.4) is 0 Å². The van der Waals surface area contributed by atoms with Gasteiger partial charge in [0.1, 0.15) is 5.69 Å². The second-order valence-electron chi connectivity index (χ2n) is 3.50. The minimum absolute atomic E-state index is 0.151. The highest BCUT2D eigenvalue weighted by atomic mass is 79.9. The van der Waals surface area contributed by atoms with Crippen LogP contribution in [-0.2, 0) is 6.54 Å². The van der Waals surface area contributed by atoms with Gasteiger partial charge in [0.25, 0.3) is 5.91 Å². The molecule has 0 aliphatic heterocycles. The van der Waals surface area contributed by atoms with E-state index in [0.29, 0.717) is 12.2 Å². The maximum absolute atomic E-state index is 12.0. The fourth-order valence-corrected chi connectivity index (χ4v) is 1.94. The standard InChI is InChI=1S/C12H12BrN3O/c1-2-16-11(6-7-14-16)12(17)15-10-5-3-4-9(13)8-10/h3-8H,2H2,1H3,(H,15,17). The second kappa shape index (κ2) is 5.14. The molecule has 5 heteroatoms. The minimum atomic E-state index is -0.151. The largest absolute Gasteiger partial charge is 0.321 e. The molecule has 1 N–H and O–H groups in total. The molecule has 2 aromatic rings. The second-order valence-corrected chi connectivity index (χ2v) is 4.41.